The number of ether oxygens (including phenoxy) is 1. The number of carbonyl (C=O) groups is 1. The average molecular weight is 254 g/mol. The number of rotatable bonds is 3. The minimum Gasteiger partial charge on any atom is -0.478 e. The number of nitriles is 1. The molecule has 0 bridgehead atoms. The Morgan fingerprint density at radius 2 is 2.16 bits per heavy atom. The summed E-state index contributed by atoms with van der Waals surface area (Å²) in [7, 11) is 0. The second kappa shape index (κ2) is 5.19. The van der Waals surface area contributed by atoms with Crippen LogP contribution < -0.4 is 4.74 Å². The molecule has 1 heterocycles. The van der Waals surface area contributed by atoms with Gasteiger partial charge in [-0.15, -0.1) is 0 Å². The van der Waals surface area contributed by atoms with Crippen LogP contribution in [0.5, 0.6) is 11.6 Å². The van der Waals surface area contributed by atoms with E-state index in [1.54, 1.807) is 25.1 Å². The van der Waals surface area contributed by atoms with Crippen molar-refractivity contribution in [3.63, 3.8) is 0 Å². The molecule has 5 heteroatoms. The van der Waals surface area contributed by atoms with E-state index in [9.17, 15) is 4.79 Å². The first-order valence-electron chi connectivity index (χ1n) is 5.48. The van der Waals surface area contributed by atoms with E-state index in [0.717, 1.165) is 0 Å². The van der Waals surface area contributed by atoms with Crippen LogP contribution >= 0.6 is 0 Å². The predicted molar refractivity (Wildman–Crippen MR) is 67.2 cm³/mol. The van der Waals surface area contributed by atoms with Crippen LogP contribution in [-0.4, -0.2) is 16.1 Å². The fraction of sp³-hybridized carbons (Fsp3) is 0.0714. The lowest BCUT2D eigenvalue weighted by Gasteiger charge is -2.07. The summed E-state index contributed by atoms with van der Waals surface area (Å²) in [6, 6.07) is 9.72. The SMILES string of the molecule is Cc1cc(Oc2cc(C#N)ccn2)ccc1C(=O)O. The van der Waals surface area contributed by atoms with Crippen molar-refractivity contribution in [1.29, 1.82) is 5.26 Å². The number of carboxylic acids is 1. The van der Waals surface area contributed by atoms with E-state index in [4.69, 9.17) is 15.1 Å². The van der Waals surface area contributed by atoms with Gasteiger partial charge in [0.1, 0.15) is 5.75 Å². The van der Waals surface area contributed by atoms with Gasteiger partial charge in [-0.2, -0.15) is 5.26 Å². The van der Waals surface area contributed by atoms with Crippen LogP contribution in [0.3, 0.4) is 0 Å². The average Bonchev–Trinajstić information content (AvgIpc) is 2.38. The van der Waals surface area contributed by atoms with Crippen molar-refractivity contribution in [2.75, 3.05) is 0 Å². The Morgan fingerprint density at radius 3 is 2.79 bits per heavy atom. The third kappa shape index (κ3) is 2.87. The molecule has 0 fully saturated rings. The summed E-state index contributed by atoms with van der Waals surface area (Å²) >= 11 is 0. The molecule has 0 atom stereocenters. The summed E-state index contributed by atoms with van der Waals surface area (Å²) in [5.74, 6) is -0.208. The third-order valence-corrected chi connectivity index (χ3v) is 2.51. The van der Waals surface area contributed by atoms with Crippen molar-refractivity contribution < 1.29 is 14.6 Å². The summed E-state index contributed by atoms with van der Waals surface area (Å²) in [4.78, 5) is 14.9. The molecule has 0 aliphatic rings. The van der Waals surface area contributed by atoms with E-state index < -0.39 is 5.97 Å². The van der Waals surface area contributed by atoms with E-state index in [1.807, 2.05) is 6.07 Å². The van der Waals surface area contributed by atoms with E-state index >= 15 is 0 Å². The van der Waals surface area contributed by atoms with E-state index in [-0.39, 0.29) is 5.56 Å². The van der Waals surface area contributed by atoms with Crippen LogP contribution in [0.1, 0.15) is 21.5 Å². The fourth-order valence-electron chi connectivity index (χ4n) is 1.60. The third-order valence-electron chi connectivity index (χ3n) is 2.51. The molecule has 5 nitrogen and oxygen atoms in total. The molecule has 1 aromatic carbocycles. The Balaban J connectivity index is 2.26. The highest BCUT2D eigenvalue weighted by Crippen LogP contribution is 2.22. The van der Waals surface area contributed by atoms with Gasteiger partial charge in [0.25, 0.3) is 0 Å². The molecule has 0 aliphatic carbocycles. The Labute approximate surface area is 109 Å². The normalized spacial score (nSPS) is 9.68. The number of carboxylic acid groups (broad SMARTS) is 1. The molecule has 1 aromatic heterocycles. The number of nitrogens with zero attached hydrogens (tertiary/aromatic N) is 2. The highest BCUT2D eigenvalue weighted by Gasteiger charge is 2.08. The van der Waals surface area contributed by atoms with Gasteiger partial charge in [0, 0.05) is 12.3 Å². The molecule has 0 saturated carbocycles. The topological polar surface area (TPSA) is 83.2 Å². The standard InChI is InChI=1S/C14H10N2O3/c1-9-6-11(2-3-12(9)14(17)18)19-13-7-10(8-15)4-5-16-13/h2-7H,1H3,(H,17,18). The van der Waals surface area contributed by atoms with Gasteiger partial charge in [0.2, 0.25) is 5.88 Å². The summed E-state index contributed by atoms with van der Waals surface area (Å²) < 4.78 is 5.48. The highest BCUT2D eigenvalue weighted by atomic mass is 16.5. The van der Waals surface area contributed by atoms with Gasteiger partial charge in [-0.3, -0.25) is 0 Å². The summed E-state index contributed by atoms with van der Waals surface area (Å²) in [5, 5.41) is 17.7. The number of aryl methyl sites for hydroxylation is 1. The smallest absolute Gasteiger partial charge is 0.335 e. The summed E-state index contributed by atoms with van der Waals surface area (Å²) in [6.45, 7) is 1.69. The Kier molecular flexibility index (Phi) is 3.44. The lowest BCUT2D eigenvalue weighted by atomic mass is 10.1. The van der Waals surface area contributed by atoms with E-state index in [1.165, 1.54) is 18.3 Å². The molecule has 0 radical (unpaired) electrons. The Morgan fingerprint density at radius 1 is 1.37 bits per heavy atom. The molecule has 2 aromatic rings. The van der Waals surface area contributed by atoms with E-state index in [2.05, 4.69) is 4.98 Å². The zero-order valence-electron chi connectivity index (χ0n) is 10.1. The van der Waals surface area contributed by atoms with E-state index in [0.29, 0.717) is 22.8 Å². The van der Waals surface area contributed by atoms with Crippen molar-refractivity contribution in [2.24, 2.45) is 0 Å². The van der Waals surface area contributed by atoms with Crippen LogP contribution in [0.15, 0.2) is 36.5 Å². The number of hydrogen-bond acceptors (Lipinski definition) is 4. The van der Waals surface area contributed by atoms with Crippen LogP contribution in [0.2, 0.25) is 0 Å². The van der Waals surface area contributed by atoms with Crippen LogP contribution in [0.25, 0.3) is 0 Å². The second-order valence-corrected chi connectivity index (χ2v) is 3.88. The summed E-state index contributed by atoms with van der Waals surface area (Å²) in [5.41, 5.74) is 1.27. The van der Waals surface area contributed by atoms with Crippen molar-refractivity contribution in [3.8, 4) is 17.7 Å². The number of aromatic nitrogens is 1. The molecule has 2 rings (SSSR count). The first kappa shape index (κ1) is 12.6. The van der Waals surface area contributed by atoms with Crippen LogP contribution in [0.4, 0.5) is 0 Å². The highest BCUT2D eigenvalue weighted by molar-refractivity contribution is 5.89. The van der Waals surface area contributed by atoms with Gasteiger partial charge in [-0.05, 0) is 36.8 Å². The first-order valence-corrected chi connectivity index (χ1v) is 5.48. The fourth-order valence-corrected chi connectivity index (χ4v) is 1.60. The number of benzene rings is 1. The first-order chi connectivity index (χ1) is 9.10. The van der Waals surface area contributed by atoms with Gasteiger partial charge in [-0.25, -0.2) is 9.78 Å². The van der Waals surface area contributed by atoms with Crippen molar-refractivity contribution in [3.05, 3.63) is 53.2 Å². The quantitative estimate of drug-likeness (QED) is 0.910. The maximum atomic E-state index is 10.9. The minimum absolute atomic E-state index is 0.228. The van der Waals surface area contributed by atoms with Crippen molar-refractivity contribution in [2.45, 2.75) is 6.92 Å². The molecule has 0 spiro atoms. The molecule has 0 aliphatic heterocycles. The number of aromatic carboxylic acids is 1. The number of pyridine rings is 1. The van der Waals surface area contributed by atoms with Gasteiger partial charge in [0.15, 0.2) is 0 Å². The lowest BCUT2D eigenvalue weighted by Crippen LogP contribution is -1.99. The molecule has 0 amide bonds. The molecule has 0 unspecified atom stereocenters. The monoisotopic (exact) mass is 254 g/mol. The van der Waals surface area contributed by atoms with Crippen molar-refractivity contribution >= 4 is 5.97 Å². The van der Waals surface area contributed by atoms with Gasteiger partial charge in [0.05, 0.1) is 17.2 Å². The molecule has 19 heavy (non-hydrogen) atoms. The maximum Gasteiger partial charge on any atom is 0.335 e. The van der Waals surface area contributed by atoms with Gasteiger partial charge >= 0.3 is 5.97 Å². The number of hydrogen-bond donors (Lipinski definition) is 1. The Bertz CT molecular complexity index is 675. The largest absolute Gasteiger partial charge is 0.478 e. The minimum atomic E-state index is -0.978. The van der Waals surface area contributed by atoms with Gasteiger partial charge < -0.3 is 9.84 Å². The Hall–Kier alpha value is -2.87. The molecule has 1 N–H and O–H groups in total. The van der Waals surface area contributed by atoms with Crippen molar-refractivity contribution in [1.82, 2.24) is 4.98 Å². The van der Waals surface area contributed by atoms with Crippen LogP contribution in [-0.2, 0) is 0 Å². The second-order valence-electron chi connectivity index (χ2n) is 3.88. The zero-order chi connectivity index (χ0) is 13.8. The predicted octanol–water partition coefficient (Wildman–Crippen LogP) is 2.75. The molecule has 0 saturated heterocycles. The lowest BCUT2D eigenvalue weighted by molar-refractivity contribution is 0.0696. The molecular formula is C14H10N2O3. The summed E-state index contributed by atoms with van der Waals surface area (Å²) in [6.07, 6.45) is 1.48. The maximum absolute atomic E-state index is 10.9. The van der Waals surface area contributed by atoms with Crippen LogP contribution in [0, 0.1) is 18.3 Å². The van der Waals surface area contributed by atoms with Gasteiger partial charge in [-0.1, -0.05) is 0 Å². The zero-order valence-corrected chi connectivity index (χ0v) is 10.1. The molecule has 94 valence electrons. The molecular weight excluding hydrogens is 244 g/mol.